The van der Waals surface area contributed by atoms with Crippen LogP contribution in [0.5, 0.6) is 11.6 Å². The lowest BCUT2D eigenvalue weighted by Gasteiger charge is -2.19. The number of para-hydroxylation sites is 1. The molecule has 4 N–H and O–H groups in total. The van der Waals surface area contributed by atoms with E-state index in [1.807, 2.05) is 66.7 Å². The molecular formula is C25H30N4O3S. The summed E-state index contributed by atoms with van der Waals surface area (Å²) in [6, 6.07) is 21.0. The number of hydrogen-bond acceptors (Lipinski definition) is 7. The molecule has 1 heterocycles. The molecule has 0 aliphatic carbocycles. The summed E-state index contributed by atoms with van der Waals surface area (Å²) in [6.07, 6.45) is -0.766. The van der Waals surface area contributed by atoms with Gasteiger partial charge in [-0.3, -0.25) is 4.79 Å². The first kappa shape index (κ1) is 24.4. The van der Waals surface area contributed by atoms with Gasteiger partial charge >= 0.3 is 0 Å². The lowest BCUT2D eigenvalue weighted by molar-refractivity contribution is -0.127. The fraction of sp³-hybridized carbons (Fsp3) is 0.280. The van der Waals surface area contributed by atoms with E-state index in [9.17, 15) is 4.79 Å². The van der Waals surface area contributed by atoms with Crippen LogP contribution in [0.2, 0.25) is 0 Å². The maximum absolute atomic E-state index is 12.7. The number of benzene rings is 2. The number of aromatic nitrogens is 1. The zero-order valence-electron chi connectivity index (χ0n) is 18.8. The predicted molar refractivity (Wildman–Crippen MR) is 135 cm³/mol. The lowest BCUT2D eigenvalue weighted by atomic mass is 10.1. The molecule has 0 aliphatic heterocycles. The minimum absolute atomic E-state index is 0.128. The summed E-state index contributed by atoms with van der Waals surface area (Å²) in [7, 11) is 1.60. The molecule has 0 spiro atoms. The number of hydrogen-bond donors (Lipinski definition) is 4. The van der Waals surface area contributed by atoms with Crippen molar-refractivity contribution in [2.75, 3.05) is 24.7 Å². The second-order valence-electron chi connectivity index (χ2n) is 7.53. The van der Waals surface area contributed by atoms with Gasteiger partial charge in [0.2, 0.25) is 5.88 Å². The topological polar surface area (TPSA) is 98.5 Å². The van der Waals surface area contributed by atoms with Gasteiger partial charge in [-0.15, -0.1) is 0 Å². The molecule has 0 bridgehead atoms. The first-order valence-corrected chi connectivity index (χ1v) is 11.4. The van der Waals surface area contributed by atoms with Crippen LogP contribution in [0.15, 0.2) is 66.7 Å². The van der Waals surface area contributed by atoms with Crippen LogP contribution < -0.4 is 25.8 Å². The van der Waals surface area contributed by atoms with Crippen LogP contribution in [-0.2, 0) is 11.3 Å². The summed E-state index contributed by atoms with van der Waals surface area (Å²) < 4.78 is 11.3. The molecule has 174 valence electrons. The Morgan fingerprint density at radius 1 is 1.09 bits per heavy atom. The van der Waals surface area contributed by atoms with Gasteiger partial charge in [-0.05, 0) is 25.1 Å². The molecule has 8 heteroatoms. The van der Waals surface area contributed by atoms with E-state index in [2.05, 4.69) is 28.2 Å². The molecule has 2 unspecified atom stereocenters. The highest BCUT2D eigenvalue weighted by atomic mass is 32.1. The van der Waals surface area contributed by atoms with Gasteiger partial charge in [-0.2, -0.15) is 12.6 Å². The number of nitrogens with one attached hydrogen (secondary N) is 2. The fourth-order valence-corrected chi connectivity index (χ4v) is 3.27. The van der Waals surface area contributed by atoms with Gasteiger partial charge in [-0.1, -0.05) is 48.5 Å². The number of thiol groups is 1. The fourth-order valence-electron chi connectivity index (χ4n) is 3.14. The number of rotatable bonds is 11. The van der Waals surface area contributed by atoms with Crippen molar-refractivity contribution in [1.29, 1.82) is 0 Å². The molecule has 3 rings (SSSR count). The predicted octanol–water partition coefficient (Wildman–Crippen LogP) is 3.51. The summed E-state index contributed by atoms with van der Waals surface area (Å²) in [5, 5.41) is 6.15. The largest absolute Gasteiger partial charge is 0.496 e. The third-order valence-corrected chi connectivity index (χ3v) is 5.49. The molecule has 0 saturated carbocycles. The number of methoxy groups -OCH3 is 1. The van der Waals surface area contributed by atoms with Gasteiger partial charge in [0.15, 0.2) is 6.10 Å². The van der Waals surface area contributed by atoms with E-state index in [0.717, 1.165) is 22.6 Å². The SMILES string of the molecule is COc1ccccc1CNC(=O)C(C)Oc1nc(-c2ccccc2)ccc1NCC(N)CS. The quantitative estimate of drug-likeness (QED) is 0.323. The Morgan fingerprint density at radius 3 is 2.55 bits per heavy atom. The molecule has 1 aromatic heterocycles. The zero-order valence-corrected chi connectivity index (χ0v) is 19.7. The van der Waals surface area contributed by atoms with Gasteiger partial charge in [0.05, 0.1) is 18.5 Å². The Kier molecular flexibility index (Phi) is 8.97. The highest BCUT2D eigenvalue weighted by Gasteiger charge is 2.19. The molecular weight excluding hydrogens is 436 g/mol. The van der Waals surface area contributed by atoms with Crippen LogP contribution in [0.25, 0.3) is 11.3 Å². The van der Waals surface area contributed by atoms with E-state index in [0.29, 0.717) is 30.4 Å². The Labute approximate surface area is 200 Å². The Bertz CT molecular complexity index is 1050. The van der Waals surface area contributed by atoms with E-state index >= 15 is 0 Å². The first-order valence-electron chi connectivity index (χ1n) is 10.7. The minimum Gasteiger partial charge on any atom is -0.496 e. The third kappa shape index (κ3) is 6.87. The standard InChI is InChI=1S/C25H30N4O3S/c1-17(24(30)28-14-19-10-6-7-11-23(19)31-2)32-25-22(27-15-20(26)16-33)13-12-21(29-25)18-8-4-3-5-9-18/h3-13,17,20,27,33H,14-16,26H2,1-2H3,(H,28,30). The van der Waals surface area contributed by atoms with Crippen molar-refractivity contribution in [2.24, 2.45) is 5.73 Å². The van der Waals surface area contributed by atoms with Crippen molar-refractivity contribution in [3.05, 3.63) is 72.3 Å². The van der Waals surface area contributed by atoms with Gasteiger partial charge < -0.3 is 25.8 Å². The van der Waals surface area contributed by atoms with Crippen LogP contribution in [0, 0.1) is 0 Å². The zero-order chi connectivity index (χ0) is 23.6. The molecule has 1 amide bonds. The lowest BCUT2D eigenvalue weighted by Crippen LogP contribution is -2.36. The van der Waals surface area contributed by atoms with Crippen molar-refractivity contribution in [3.8, 4) is 22.9 Å². The molecule has 2 atom stereocenters. The van der Waals surface area contributed by atoms with E-state index < -0.39 is 6.10 Å². The van der Waals surface area contributed by atoms with Gasteiger partial charge in [0, 0.05) is 36.0 Å². The Hall–Kier alpha value is -3.23. The number of nitrogens with two attached hydrogens (primary N) is 1. The average Bonchev–Trinajstić information content (AvgIpc) is 2.86. The number of carbonyl (C=O) groups excluding carboxylic acids is 1. The van der Waals surface area contributed by atoms with Crippen LogP contribution in [0.1, 0.15) is 12.5 Å². The van der Waals surface area contributed by atoms with Crippen LogP contribution >= 0.6 is 12.6 Å². The molecule has 7 nitrogen and oxygen atoms in total. The number of ether oxygens (including phenoxy) is 2. The average molecular weight is 467 g/mol. The van der Waals surface area contributed by atoms with Crippen molar-refractivity contribution in [3.63, 3.8) is 0 Å². The van der Waals surface area contributed by atoms with Crippen molar-refractivity contribution >= 4 is 24.2 Å². The number of anilines is 1. The van der Waals surface area contributed by atoms with E-state index in [1.165, 1.54) is 0 Å². The second-order valence-corrected chi connectivity index (χ2v) is 7.89. The maximum Gasteiger partial charge on any atom is 0.261 e. The summed E-state index contributed by atoms with van der Waals surface area (Å²) in [6.45, 7) is 2.52. The highest BCUT2D eigenvalue weighted by molar-refractivity contribution is 7.80. The summed E-state index contributed by atoms with van der Waals surface area (Å²) in [5.74, 6) is 1.34. The molecule has 2 aromatic carbocycles. The molecule has 0 fully saturated rings. The minimum atomic E-state index is -0.766. The number of carbonyl (C=O) groups is 1. The number of nitrogens with zero attached hydrogens (tertiary/aromatic N) is 1. The maximum atomic E-state index is 12.7. The van der Waals surface area contributed by atoms with Gasteiger partial charge in [0.1, 0.15) is 5.75 Å². The molecule has 33 heavy (non-hydrogen) atoms. The first-order chi connectivity index (χ1) is 16.0. The summed E-state index contributed by atoms with van der Waals surface area (Å²) in [5.41, 5.74) is 9.23. The normalized spacial score (nSPS) is 12.5. The van der Waals surface area contributed by atoms with E-state index in [1.54, 1.807) is 14.0 Å². The van der Waals surface area contributed by atoms with Crippen LogP contribution in [0.3, 0.4) is 0 Å². The van der Waals surface area contributed by atoms with Gasteiger partial charge in [-0.25, -0.2) is 4.98 Å². The van der Waals surface area contributed by atoms with E-state index in [4.69, 9.17) is 15.2 Å². The second kappa shape index (κ2) is 12.1. The Balaban J connectivity index is 1.74. The molecule has 0 aliphatic rings. The van der Waals surface area contributed by atoms with Crippen molar-refractivity contribution in [2.45, 2.75) is 25.6 Å². The third-order valence-electron chi connectivity index (χ3n) is 5.02. The van der Waals surface area contributed by atoms with Crippen LogP contribution in [0.4, 0.5) is 5.69 Å². The monoisotopic (exact) mass is 466 g/mol. The Morgan fingerprint density at radius 2 is 1.82 bits per heavy atom. The van der Waals surface area contributed by atoms with Crippen molar-refractivity contribution < 1.29 is 14.3 Å². The number of amides is 1. The van der Waals surface area contributed by atoms with Gasteiger partial charge in [0.25, 0.3) is 5.91 Å². The molecule has 0 radical (unpaired) electrons. The van der Waals surface area contributed by atoms with Crippen molar-refractivity contribution in [1.82, 2.24) is 10.3 Å². The number of pyridine rings is 1. The van der Waals surface area contributed by atoms with E-state index in [-0.39, 0.29) is 11.9 Å². The smallest absolute Gasteiger partial charge is 0.261 e. The highest BCUT2D eigenvalue weighted by Crippen LogP contribution is 2.28. The summed E-state index contributed by atoms with van der Waals surface area (Å²) >= 11 is 4.23. The van der Waals surface area contributed by atoms with Crippen LogP contribution in [-0.4, -0.2) is 42.4 Å². The molecule has 0 saturated heterocycles. The molecule has 3 aromatic rings. The summed E-state index contributed by atoms with van der Waals surface area (Å²) in [4.78, 5) is 17.4.